The van der Waals surface area contributed by atoms with E-state index in [9.17, 15) is 9.50 Å². The summed E-state index contributed by atoms with van der Waals surface area (Å²) in [4.78, 5) is 0. The Kier molecular flexibility index (Phi) is 3.35. The van der Waals surface area contributed by atoms with Gasteiger partial charge in [-0.15, -0.1) is 0 Å². The van der Waals surface area contributed by atoms with Crippen molar-refractivity contribution in [2.45, 2.75) is 37.7 Å². The van der Waals surface area contributed by atoms with Gasteiger partial charge in [0, 0.05) is 11.0 Å². The minimum atomic E-state index is -0.779. The molecule has 2 aromatic carbocycles. The van der Waals surface area contributed by atoms with E-state index in [1.807, 2.05) is 37.3 Å². The molecule has 0 amide bonds. The maximum absolute atomic E-state index is 14.1. The van der Waals surface area contributed by atoms with Crippen LogP contribution in [0, 0.1) is 12.7 Å². The highest BCUT2D eigenvalue weighted by Gasteiger charge is 2.46. The highest BCUT2D eigenvalue weighted by atomic mass is 19.1. The molecule has 1 unspecified atom stereocenters. The lowest BCUT2D eigenvalue weighted by molar-refractivity contribution is 0.0243. The van der Waals surface area contributed by atoms with Gasteiger partial charge in [-0.05, 0) is 31.4 Å². The summed E-state index contributed by atoms with van der Waals surface area (Å²) < 4.78 is 14.1. The topological polar surface area (TPSA) is 20.2 Å². The van der Waals surface area contributed by atoms with Crippen molar-refractivity contribution in [2.75, 3.05) is 0 Å². The smallest absolute Gasteiger partial charge is 0.129 e. The summed E-state index contributed by atoms with van der Waals surface area (Å²) in [5, 5.41) is 10.8. The molecule has 1 aliphatic carbocycles. The second-order valence-corrected chi connectivity index (χ2v) is 5.80. The number of aryl methyl sites for hydroxylation is 1. The van der Waals surface area contributed by atoms with Crippen molar-refractivity contribution in [1.82, 2.24) is 0 Å². The maximum Gasteiger partial charge on any atom is 0.129 e. The fourth-order valence-corrected chi connectivity index (χ4v) is 3.22. The molecular weight excluding hydrogens is 251 g/mol. The van der Waals surface area contributed by atoms with Crippen molar-refractivity contribution < 1.29 is 9.50 Å². The van der Waals surface area contributed by atoms with Crippen LogP contribution >= 0.6 is 0 Å². The number of halogens is 1. The van der Waals surface area contributed by atoms with E-state index >= 15 is 0 Å². The number of aliphatic hydroxyl groups is 1. The summed E-state index contributed by atoms with van der Waals surface area (Å²) in [7, 11) is 0. The van der Waals surface area contributed by atoms with Gasteiger partial charge in [0.05, 0.1) is 6.10 Å². The van der Waals surface area contributed by atoms with Crippen LogP contribution in [0.4, 0.5) is 4.39 Å². The van der Waals surface area contributed by atoms with Crippen LogP contribution < -0.4 is 0 Å². The lowest BCUT2D eigenvalue weighted by Gasteiger charge is -2.46. The molecule has 0 spiro atoms. The fourth-order valence-electron chi connectivity index (χ4n) is 3.22. The van der Waals surface area contributed by atoms with Gasteiger partial charge in [-0.25, -0.2) is 4.39 Å². The Morgan fingerprint density at radius 3 is 2.40 bits per heavy atom. The average Bonchev–Trinajstić information content (AvgIpc) is 2.41. The van der Waals surface area contributed by atoms with Gasteiger partial charge in [0.25, 0.3) is 0 Å². The molecule has 0 bridgehead atoms. The van der Waals surface area contributed by atoms with E-state index in [0.29, 0.717) is 5.56 Å². The van der Waals surface area contributed by atoms with Crippen LogP contribution in [0.3, 0.4) is 0 Å². The van der Waals surface area contributed by atoms with Gasteiger partial charge < -0.3 is 5.11 Å². The van der Waals surface area contributed by atoms with Crippen molar-refractivity contribution >= 4 is 0 Å². The Hall–Kier alpha value is -1.67. The van der Waals surface area contributed by atoms with Crippen LogP contribution in [0.15, 0.2) is 48.5 Å². The number of hydrogen-bond donors (Lipinski definition) is 1. The fraction of sp³-hybridized carbons (Fsp3) is 0.333. The number of aliphatic hydroxyl groups excluding tert-OH is 1. The lowest BCUT2D eigenvalue weighted by Crippen LogP contribution is -2.40. The monoisotopic (exact) mass is 270 g/mol. The van der Waals surface area contributed by atoms with Crippen molar-refractivity contribution in [3.8, 4) is 0 Å². The van der Waals surface area contributed by atoms with E-state index in [1.54, 1.807) is 12.1 Å². The summed E-state index contributed by atoms with van der Waals surface area (Å²) in [5.41, 5.74) is 2.19. The third-order valence-electron chi connectivity index (χ3n) is 4.56. The Bertz CT molecular complexity index is 602. The molecule has 104 valence electrons. The summed E-state index contributed by atoms with van der Waals surface area (Å²) in [6.07, 6.45) is 2.12. The molecule has 2 heteroatoms. The van der Waals surface area contributed by atoms with Crippen LogP contribution in [0.25, 0.3) is 0 Å². The largest absolute Gasteiger partial charge is 0.387 e. The van der Waals surface area contributed by atoms with E-state index in [0.717, 1.165) is 30.4 Å². The van der Waals surface area contributed by atoms with Gasteiger partial charge in [0.2, 0.25) is 0 Å². The molecule has 0 radical (unpaired) electrons. The Balaban J connectivity index is 2.03. The minimum absolute atomic E-state index is 0.315. The first kappa shape index (κ1) is 13.3. The molecule has 1 nitrogen and oxygen atoms in total. The summed E-state index contributed by atoms with van der Waals surface area (Å²) >= 11 is 0. The van der Waals surface area contributed by atoms with Gasteiger partial charge in [0.15, 0.2) is 0 Å². The van der Waals surface area contributed by atoms with E-state index in [-0.39, 0.29) is 11.2 Å². The van der Waals surface area contributed by atoms with Gasteiger partial charge >= 0.3 is 0 Å². The maximum atomic E-state index is 14.1. The summed E-state index contributed by atoms with van der Waals surface area (Å²) in [6.45, 7) is 1.92. The predicted molar refractivity (Wildman–Crippen MR) is 78.1 cm³/mol. The molecule has 0 saturated heterocycles. The number of hydrogen-bond acceptors (Lipinski definition) is 1. The quantitative estimate of drug-likeness (QED) is 0.882. The third-order valence-corrected chi connectivity index (χ3v) is 4.56. The molecular formula is C18H19FO. The molecule has 1 aliphatic rings. The normalized spacial score (nSPS) is 18.4. The Morgan fingerprint density at radius 2 is 1.80 bits per heavy atom. The first-order valence-corrected chi connectivity index (χ1v) is 7.13. The predicted octanol–water partition coefficient (Wildman–Crippen LogP) is 4.29. The number of rotatable bonds is 3. The standard InChI is InChI=1S/C18H19FO/c1-13-8-9-16(19)15(12-13)17(20)18(10-5-11-18)14-6-3-2-4-7-14/h2-4,6-9,12,17,20H,5,10-11H2,1H3. The van der Waals surface area contributed by atoms with Gasteiger partial charge in [0.1, 0.15) is 5.82 Å². The zero-order valence-electron chi connectivity index (χ0n) is 11.6. The van der Waals surface area contributed by atoms with Crippen LogP contribution in [0.5, 0.6) is 0 Å². The van der Waals surface area contributed by atoms with Gasteiger partial charge in [-0.2, -0.15) is 0 Å². The van der Waals surface area contributed by atoms with Crippen LogP contribution in [-0.2, 0) is 5.41 Å². The lowest BCUT2D eigenvalue weighted by atomic mass is 9.60. The zero-order chi connectivity index (χ0) is 14.2. The highest BCUT2D eigenvalue weighted by Crippen LogP contribution is 2.52. The van der Waals surface area contributed by atoms with Gasteiger partial charge in [-0.3, -0.25) is 0 Å². The first-order chi connectivity index (χ1) is 9.63. The van der Waals surface area contributed by atoms with E-state index < -0.39 is 6.10 Å². The molecule has 2 aromatic rings. The molecule has 0 aliphatic heterocycles. The van der Waals surface area contributed by atoms with Crippen molar-refractivity contribution in [2.24, 2.45) is 0 Å². The molecule has 1 atom stereocenters. The molecule has 1 fully saturated rings. The minimum Gasteiger partial charge on any atom is -0.387 e. The Morgan fingerprint density at radius 1 is 1.10 bits per heavy atom. The van der Waals surface area contributed by atoms with Crippen molar-refractivity contribution in [3.63, 3.8) is 0 Å². The summed E-state index contributed by atoms with van der Waals surface area (Å²) in [5.74, 6) is -0.315. The second-order valence-electron chi connectivity index (χ2n) is 5.80. The Labute approximate surface area is 119 Å². The molecule has 1 saturated carbocycles. The molecule has 0 heterocycles. The molecule has 3 rings (SSSR count). The van der Waals surface area contributed by atoms with Crippen LogP contribution in [-0.4, -0.2) is 5.11 Å². The third kappa shape index (κ3) is 2.04. The SMILES string of the molecule is Cc1ccc(F)c(C(O)C2(c3ccccc3)CCC2)c1. The average molecular weight is 270 g/mol. The van der Waals surface area contributed by atoms with Gasteiger partial charge in [-0.1, -0.05) is 54.4 Å². The van der Waals surface area contributed by atoms with Crippen LogP contribution in [0.2, 0.25) is 0 Å². The van der Waals surface area contributed by atoms with Crippen molar-refractivity contribution in [1.29, 1.82) is 0 Å². The van der Waals surface area contributed by atoms with E-state index in [4.69, 9.17) is 0 Å². The molecule has 20 heavy (non-hydrogen) atoms. The van der Waals surface area contributed by atoms with E-state index in [1.165, 1.54) is 6.07 Å². The molecule has 1 N–H and O–H groups in total. The van der Waals surface area contributed by atoms with E-state index in [2.05, 4.69) is 0 Å². The second kappa shape index (κ2) is 5.02. The van der Waals surface area contributed by atoms with Crippen molar-refractivity contribution in [3.05, 3.63) is 71.0 Å². The molecule has 0 aromatic heterocycles. The van der Waals surface area contributed by atoms with Crippen LogP contribution in [0.1, 0.15) is 42.1 Å². The highest BCUT2D eigenvalue weighted by molar-refractivity contribution is 5.36. The zero-order valence-corrected chi connectivity index (χ0v) is 11.6. The summed E-state index contributed by atoms with van der Waals surface area (Å²) in [6, 6.07) is 15.0. The number of benzene rings is 2. The first-order valence-electron chi connectivity index (χ1n) is 7.13.